The summed E-state index contributed by atoms with van der Waals surface area (Å²) in [5.41, 5.74) is 2.19. The molecule has 22 heavy (non-hydrogen) atoms. The van der Waals surface area contributed by atoms with Crippen LogP contribution >= 0.6 is 0 Å². The van der Waals surface area contributed by atoms with Crippen LogP contribution in [0.4, 0.5) is 0 Å². The molecule has 0 heterocycles. The van der Waals surface area contributed by atoms with Crippen LogP contribution in [0.3, 0.4) is 0 Å². The Bertz CT molecular complexity index is 1170. The van der Waals surface area contributed by atoms with Gasteiger partial charge in [-0.2, -0.15) is 0 Å². The Balaban J connectivity index is 2.01. The third-order valence-electron chi connectivity index (χ3n) is 4.58. The van der Waals surface area contributed by atoms with Crippen molar-refractivity contribution < 1.29 is 4.79 Å². The third kappa shape index (κ3) is 1.45. The highest BCUT2D eigenvalue weighted by atomic mass is 16.1. The Hall–Kier alpha value is -2.93. The summed E-state index contributed by atoms with van der Waals surface area (Å²) in [5, 5.41) is 7.49. The first kappa shape index (κ1) is 11.7. The van der Waals surface area contributed by atoms with Crippen LogP contribution in [0.5, 0.6) is 0 Å². The molecule has 1 nitrogen and oxygen atoms in total. The summed E-state index contributed by atoms with van der Waals surface area (Å²) in [4.78, 5) is 11.6. The number of ketones is 1. The third-order valence-corrected chi connectivity index (χ3v) is 4.58. The van der Waals surface area contributed by atoms with E-state index in [-0.39, 0.29) is 5.78 Å². The fourth-order valence-electron chi connectivity index (χ4n) is 3.56. The second-order valence-electron chi connectivity index (χ2n) is 5.80. The van der Waals surface area contributed by atoms with Crippen LogP contribution < -0.4 is 10.4 Å². The van der Waals surface area contributed by atoms with Crippen LogP contribution in [-0.2, 0) is 4.79 Å². The smallest absolute Gasteiger partial charge is 0.179 e. The van der Waals surface area contributed by atoms with Gasteiger partial charge in [-0.1, -0.05) is 48.5 Å². The van der Waals surface area contributed by atoms with Gasteiger partial charge in [-0.05, 0) is 67.4 Å². The first-order valence-electron chi connectivity index (χ1n) is 7.42. The van der Waals surface area contributed by atoms with Crippen molar-refractivity contribution in [2.24, 2.45) is 0 Å². The summed E-state index contributed by atoms with van der Waals surface area (Å²) < 4.78 is 0. The van der Waals surface area contributed by atoms with Gasteiger partial charge in [0.05, 0.1) is 0 Å². The summed E-state index contributed by atoms with van der Waals surface area (Å²) in [6.45, 7) is 0. The van der Waals surface area contributed by atoms with Gasteiger partial charge in [0.1, 0.15) is 0 Å². The van der Waals surface area contributed by atoms with Crippen LogP contribution in [-0.4, -0.2) is 5.78 Å². The lowest BCUT2D eigenvalue weighted by atomic mass is 9.99. The largest absolute Gasteiger partial charge is 0.290 e. The number of allylic oxidation sites excluding steroid dienone is 4. The molecule has 2 aliphatic carbocycles. The lowest BCUT2D eigenvalue weighted by Gasteiger charge is -2.04. The molecule has 1 heteroatoms. The maximum atomic E-state index is 11.6. The predicted octanol–water partition coefficient (Wildman–Crippen LogP) is 3.00. The van der Waals surface area contributed by atoms with Gasteiger partial charge in [-0.25, -0.2) is 0 Å². The molecule has 0 saturated carbocycles. The van der Waals surface area contributed by atoms with E-state index in [0.717, 1.165) is 11.1 Å². The van der Waals surface area contributed by atoms with Crippen molar-refractivity contribution in [3.8, 4) is 0 Å². The van der Waals surface area contributed by atoms with E-state index in [1.54, 1.807) is 12.2 Å². The van der Waals surface area contributed by atoms with Gasteiger partial charge in [0.15, 0.2) is 5.78 Å². The molecule has 0 unspecified atom stereocenters. The number of carbonyl (C=O) groups is 1. The van der Waals surface area contributed by atoms with Gasteiger partial charge < -0.3 is 0 Å². The molecule has 0 aliphatic heterocycles. The second kappa shape index (κ2) is 4.05. The Kier molecular flexibility index (Phi) is 2.15. The minimum atomic E-state index is 0.0672. The fraction of sp³-hybridized carbons (Fsp3) is 0. The molecule has 0 saturated heterocycles. The number of fused-ring (bicyclic) bond motifs is 6. The zero-order valence-corrected chi connectivity index (χ0v) is 11.8. The van der Waals surface area contributed by atoms with Gasteiger partial charge in [0.2, 0.25) is 0 Å². The van der Waals surface area contributed by atoms with Gasteiger partial charge in [-0.15, -0.1) is 0 Å². The minimum Gasteiger partial charge on any atom is -0.290 e. The zero-order chi connectivity index (χ0) is 14.7. The molecule has 0 aromatic heterocycles. The average molecular weight is 280 g/mol. The number of hydrogen-bond acceptors (Lipinski definition) is 1. The van der Waals surface area contributed by atoms with Crippen molar-refractivity contribution in [2.45, 2.75) is 0 Å². The molecule has 3 aromatic carbocycles. The molecular weight excluding hydrogens is 268 g/mol. The summed E-state index contributed by atoms with van der Waals surface area (Å²) in [7, 11) is 0. The van der Waals surface area contributed by atoms with Crippen LogP contribution in [0.25, 0.3) is 33.2 Å². The van der Waals surface area contributed by atoms with Gasteiger partial charge in [-0.3, -0.25) is 4.79 Å². The summed E-state index contributed by atoms with van der Waals surface area (Å²) >= 11 is 0. The van der Waals surface area contributed by atoms with Crippen molar-refractivity contribution in [3.05, 3.63) is 82.8 Å². The van der Waals surface area contributed by atoms with E-state index in [1.807, 2.05) is 6.08 Å². The molecule has 0 spiro atoms. The van der Waals surface area contributed by atoms with Crippen LogP contribution in [0.1, 0.15) is 0 Å². The van der Waals surface area contributed by atoms with E-state index in [0.29, 0.717) is 0 Å². The Labute approximate surface area is 127 Å². The summed E-state index contributed by atoms with van der Waals surface area (Å²) in [5.74, 6) is 0.0672. The van der Waals surface area contributed by atoms with E-state index in [9.17, 15) is 4.79 Å². The van der Waals surface area contributed by atoms with Crippen molar-refractivity contribution in [3.63, 3.8) is 0 Å². The molecule has 0 atom stereocenters. The lowest BCUT2D eigenvalue weighted by Crippen LogP contribution is -2.23. The second-order valence-corrected chi connectivity index (χ2v) is 5.80. The van der Waals surface area contributed by atoms with Gasteiger partial charge >= 0.3 is 0 Å². The van der Waals surface area contributed by atoms with Crippen molar-refractivity contribution in [1.82, 2.24) is 0 Å². The molecule has 0 radical (unpaired) electrons. The van der Waals surface area contributed by atoms with Crippen LogP contribution in [0.2, 0.25) is 0 Å². The Morgan fingerprint density at radius 3 is 2.50 bits per heavy atom. The molecule has 0 N–H and O–H groups in total. The molecule has 102 valence electrons. The first-order valence-corrected chi connectivity index (χ1v) is 7.42. The van der Waals surface area contributed by atoms with E-state index in [2.05, 4.69) is 54.6 Å². The maximum Gasteiger partial charge on any atom is 0.179 e. The van der Waals surface area contributed by atoms with Gasteiger partial charge in [0.25, 0.3) is 0 Å². The summed E-state index contributed by atoms with van der Waals surface area (Å²) in [6.07, 6.45) is 7.45. The summed E-state index contributed by atoms with van der Waals surface area (Å²) in [6, 6.07) is 17.2. The van der Waals surface area contributed by atoms with E-state index < -0.39 is 0 Å². The SMILES string of the molecule is O=C1C=CC2=c3ccc4c(ccc5ccccc54)c3=CC2=C1. The highest BCUT2D eigenvalue weighted by molar-refractivity contribution is 6.12. The molecule has 0 fully saturated rings. The van der Waals surface area contributed by atoms with Gasteiger partial charge in [0, 0.05) is 0 Å². The molecule has 0 amide bonds. The highest BCUT2D eigenvalue weighted by Gasteiger charge is 2.15. The quantitative estimate of drug-likeness (QED) is 0.579. The van der Waals surface area contributed by atoms with E-state index in [4.69, 9.17) is 0 Å². The molecule has 5 rings (SSSR count). The molecule has 3 aromatic rings. The topological polar surface area (TPSA) is 17.1 Å². The van der Waals surface area contributed by atoms with E-state index >= 15 is 0 Å². The number of rotatable bonds is 0. The van der Waals surface area contributed by atoms with Crippen molar-refractivity contribution in [2.75, 3.05) is 0 Å². The molecular formula is C21H12O. The maximum absolute atomic E-state index is 11.6. The van der Waals surface area contributed by atoms with E-state index in [1.165, 1.54) is 32.0 Å². The first-order chi connectivity index (χ1) is 10.8. The standard InChI is InChI=1S/C21H12O/c22-15-6-8-17-14(11-15)12-21-19(17)10-9-18-16-4-2-1-3-13(16)5-7-20(18)21/h1-12H. The van der Waals surface area contributed by atoms with Crippen LogP contribution in [0, 0.1) is 0 Å². The monoisotopic (exact) mass is 280 g/mol. The zero-order valence-electron chi connectivity index (χ0n) is 11.8. The normalized spacial score (nSPS) is 15.7. The number of benzene rings is 3. The minimum absolute atomic E-state index is 0.0672. The highest BCUT2D eigenvalue weighted by Crippen LogP contribution is 2.25. The van der Waals surface area contributed by atoms with Crippen LogP contribution in [0.15, 0.2) is 72.3 Å². The number of hydrogen-bond donors (Lipinski definition) is 0. The average Bonchev–Trinajstić information content (AvgIpc) is 2.92. The Morgan fingerprint density at radius 1 is 0.682 bits per heavy atom. The van der Waals surface area contributed by atoms with Crippen molar-refractivity contribution >= 4 is 39.0 Å². The van der Waals surface area contributed by atoms with Crippen molar-refractivity contribution in [1.29, 1.82) is 0 Å². The molecule has 0 bridgehead atoms. The number of carbonyl (C=O) groups excluding carboxylic acids is 1. The fourth-order valence-corrected chi connectivity index (χ4v) is 3.56. The predicted molar refractivity (Wildman–Crippen MR) is 90.8 cm³/mol. The lowest BCUT2D eigenvalue weighted by molar-refractivity contribution is -0.110. The molecule has 2 aliphatic rings. The Morgan fingerprint density at radius 2 is 1.55 bits per heavy atom.